The summed E-state index contributed by atoms with van der Waals surface area (Å²) < 4.78 is 5.19. The third-order valence-electron chi connectivity index (χ3n) is 3.48. The molecule has 1 N–H and O–H groups in total. The number of halogens is 1. The van der Waals surface area contributed by atoms with Gasteiger partial charge in [-0.25, -0.2) is 4.79 Å². The predicted molar refractivity (Wildman–Crippen MR) is 74.1 cm³/mol. The Morgan fingerprint density at radius 1 is 1.50 bits per heavy atom. The van der Waals surface area contributed by atoms with Crippen LogP contribution in [-0.2, 0) is 16.0 Å². The normalized spacial score (nSPS) is 18.1. The highest BCUT2D eigenvalue weighted by molar-refractivity contribution is 6.31. The van der Waals surface area contributed by atoms with Crippen LogP contribution in [0.3, 0.4) is 0 Å². The Balaban J connectivity index is 2.18. The molecule has 20 heavy (non-hydrogen) atoms. The standard InChI is InChI=1S/C14H16ClNO4/c1-20-12-6-2-4-10(15)9(12)8-13(17)16-7-3-5-11(16)14(18)19/h2,4,6,11H,3,5,7-8H2,1H3,(H,18,19). The highest BCUT2D eigenvalue weighted by atomic mass is 35.5. The third kappa shape index (κ3) is 2.88. The number of hydrogen-bond donors (Lipinski definition) is 1. The zero-order valence-electron chi connectivity index (χ0n) is 11.1. The molecule has 1 fully saturated rings. The van der Waals surface area contributed by atoms with Crippen molar-refractivity contribution < 1.29 is 19.4 Å². The quantitative estimate of drug-likeness (QED) is 0.922. The van der Waals surface area contributed by atoms with Gasteiger partial charge in [0.25, 0.3) is 0 Å². The minimum Gasteiger partial charge on any atom is -0.496 e. The number of hydrogen-bond acceptors (Lipinski definition) is 3. The van der Waals surface area contributed by atoms with Crippen molar-refractivity contribution in [3.05, 3.63) is 28.8 Å². The summed E-state index contributed by atoms with van der Waals surface area (Å²) in [5.41, 5.74) is 0.595. The van der Waals surface area contributed by atoms with E-state index in [1.54, 1.807) is 18.2 Å². The summed E-state index contributed by atoms with van der Waals surface area (Å²) in [4.78, 5) is 24.8. The fourth-order valence-corrected chi connectivity index (χ4v) is 2.71. The zero-order valence-corrected chi connectivity index (χ0v) is 11.9. The minimum atomic E-state index is -0.957. The number of amides is 1. The Kier molecular flexibility index (Phi) is 4.49. The van der Waals surface area contributed by atoms with Gasteiger partial charge >= 0.3 is 5.97 Å². The number of nitrogens with zero attached hydrogens (tertiary/aromatic N) is 1. The van der Waals surface area contributed by atoms with Gasteiger partial charge in [-0.1, -0.05) is 17.7 Å². The van der Waals surface area contributed by atoms with Gasteiger partial charge in [-0.2, -0.15) is 0 Å². The van der Waals surface area contributed by atoms with E-state index in [0.29, 0.717) is 35.7 Å². The monoisotopic (exact) mass is 297 g/mol. The fourth-order valence-electron chi connectivity index (χ4n) is 2.48. The molecule has 108 valence electrons. The van der Waals surface area contributed by atoms with E-state index in [1.807, 2.05) is 0 Å². The minimum absolute atomic E-state index is 0.0482. The molecular weight excluding hydrogens is 282 g/mol. The summed E-state index contributed by atoms with van der Waals surface area (Å²) in [7, 11) is 1.51. The number of likely N-dealkylation sites (tertiary alicyclic amines) is 1. The Morgan fingerprint density at radius 3 is 2.90 bits per heavy atom. The molecule has 0 bridgehead atoms. The number of carbonyl (C=O) groups is 2. The third-order valence-corrected chi connectivity index (χ3v) is 3.84. The molecule has 0 radical (unpaired) electrons. The molecule has 6 heteroatoms. The van der Waals surface area contributed by atoms with E-state index in [-0.39, 0.29) is 12.3 Å². The van der Waals surface area contributed by atoms with Gasteiger partial charge in [0.15, 0.2) is 0 Å². The molecule has 1 aromatic rings. The van der Waals surface area contributed by atoms with Crippen LogP contribution in [0.5, 0.6) is 5.75 Å². The second kappa shape index (κ2) is 6.13. The van der Waals surface area contributed by atoms with Gasteiger partial charge < -0.3 is 14.7 Å². The van der Waals surface area contributed by atoms with Crippen molar-refractivity contribution in [2.45, 2.75) is 25.3 Å². The first kappa shape index (κ1) is 14.7. The average molecular weight is 298 g/mol. The first-order valence-electron chi connectivity index (χ1n) is 6.38. The van der Waals surface area contributed by atoms with Gasteiger partial charge in [0.1, 0.15) is 11.8 Å². The first-order valence-corrected chi connectivity index (χ1v) is 6.76. The van der Waals surface area contributed by atoms with Crippen LogP contribution < -0.4 is 4.74 Å². The molecule has 0 aliphatic carbocycles. The lowest BCUT2D eigenvalue weighted by Gasteiger charge is -2.22. The van der Waals surface area contributed by atoms with Crippen LogP contribution >= 0.6 is 11.6 Å². The number of carbonyl (C=O) groups excluding carboxylic acids is 1. The molecule has 1 heterocycles. The second-order valence-electron chi connectivity index (χ2n) is 4.68. The number of carboxylic acids is 1. The molecule has 1 aromatic carbocycles. The molecule has 1 aliphatic rings. The summed E-state index contributed by atoms with van der Waals surface area (Å²) in [6.45, 7) is 0.475. The van der Waals surface area contributed by atoms with Crippen LogP contribution in [0.25, 0.3) is 0 Å². The summed E-state index contributed by atoms with van der Waals surface area (Å²) in [5, 5.41) is 9.56. The van der Waals surface area contributed by atoms with Crippen LogP contribution in [0.2, 0.25) is 5.02 Å². The number of ether oxygens (including phenoxy) is 1. The number of carboxylic acid groups (broad SMARTS) is 1. The average Bonchev–Trinajstić information content (AvgIpc) is 2.90. The van der Waals surface area contributed by atoms with Crippen molar-refractivity contribution in [3.8, 4) is 5.75 Å². The number of benzene rings is 1. The molecule has 0 spiro atoms. The highest BCUT2D eigenvalue weighted by Crippen LogP contribution is 2.28. The van der Waals surface area contributed by atoms with Gasteiger partial charge in [0, 0.05) is 17.1 Å². The van der Waals surface area contributed by atoms with Gasteiger partial charge in [-0.15, -0.1) is 0 Å². The zero-order chi connectivity index (χ0) is 14.7. The van der Waals surface area contributed by atoms with Gasteiger partial charge in [-0.3, -0.25) is 4.79 Å². The maximum atomic E-state index is 12.3. The van der Waals surface area contributed by atoms with Crippen molar-refractivity contribution in [2.24, 2.45) is 0 Å². The first-order chi connectivity index (χ1) is 9.54. The summed E-state index contributed by atoms with van der Waals surface area (Å²) >= 11 is 6.09. The molecule has 0 saturated carbocycles. The van der Waals surface area contributed by atoms with Gasteiger partial charge in [0.05, 0.1) is 13.5 Å². The Morgan fingerprint density at radius 2 is 2.25 bits per heavy atom. The number of methoxy groups -OCH3 is 1. The van der Waals surface area contributed by atoms with E-state index in [1.165, 1.54) is 12.0 Å². The lowest BCUT2D eigenvalue weighted by Crippen LogP contribution is -2.41. The van der Waals surface area contributed by atoms with Crippen molar-refractivity contribution in [2.75, 3.05) is 13.7 Å². The lowest BCUT2D eigenvalue weighted by atomic mass is 10.1. The maximum absolute atomic E-state index is 12.3. The van der Waals surface area contributed by atoms with Crippen LogP contribution in [0.4, 0.5) is 0 Å². The highest BCUT2D eigenvalue weighted by Gasteiger charge is 2.34. The SMILES string of the molecule is COc1cccc(Cl)c1CC(=O)N1CCCC1C(=O)O. The van der Waals surface area contributed by atoms with Gasteiger partial charge in [-0.05, 0) is 25.0 Å². The molecule has 0 aromatic heterocycles. The van der Waals surface area contributed by atoms with E-state index in [2.05, 4.69) is 0 Å². The van der Waals surface area contributed by atoms with Crippen molar-refractivity contribution >= 4 is 23.5 Å². The molecule has 1 aliphatic heterocycles. The Bertz CT molecular complexity index is 532. The molecule has 1 atom stereocenters. The smallest absolute Gasteiger partial charge is 0.326 e. The van der Waals surface area contributed by atoms with Crippen LogP contribution in [0.1, 0.15) is 18.4 Å². The van der Waals surface area contributed by atoms with E-state index in [0.717, 1.165) is 0 Å². The second-order valence-corrected chi connectivity index (χ2v) is 5.09. The number of aliphatic carboxylic acids is 1. The molecule has 1 unspecified atom stereocenters. The lowest BCUT2D eigenvalue weighted by molar-refractivity contribution is -0.148. The van der Waals surface area contributed by atoms with Crippen LogP contribution in [0, 0.1) is 0 Å². The Labute approximate surface area is 122 Å². The summed E-state index contributed by atoms with van der Waals surface area (Å²) in [6.07, 6.45) is 1.26. The topological polar surface area (TPSA) is 66.8 Å². The van der Waals surface area contributed by atoms with Crippen molar-refractivity contribution in [1.29, 1.82) is 0 Å². The van der Waals surface area contributed by atoms with E-state index in [9.17, 15) is 9.59 Å². The van der Waals surface area contributed by atoms with Gasteiger partial charge in [0.2, 0.25) is 5.91 Å². The largest absolute Gasteiger partial charge is 0.496 e. The molecule has 1 saturated heterocycles. The molecule has 2 rings (SSSR count). The Hall–Kier alpha value is -1.75. The van der Waals surface area contributed by atoms with E-state index in [4.69, 9.17) is 21.4 Å². The molecular formula is C14H16ClNO4. The van der Waals surface area contributed by atoms with Crippen LogP contribution in [-0.4, -0.2) is 41.6 Å². The molecule has 1 amide bonds. The van der Waals surface area contributed by atoms with E-state index < -0.39 is 12.0 Å². The van der Waals surface area contributed by atoms with Crippen molar-refractivity contribution in [1.82, 2.24) is 4.90 Å². The van der Waals surface area contributed by atoms with E-state index >= 15 is 0 Å². The predicted octanol–water partition coefficient (Wildman–Crippen LogP) is 1.97. The van der Waals surface area contributed by atoms with Crippen molar-refractivity contribution in [3.63, 3.8) is 0 Å². The molecule has 5 nitrogen and oxygen atoms in total. The van der Waals surface area contributed by atoms with Crippen LogP contribution in [0.15, 0.2) is 18.2 Å². The number of rotatable bonds is 4. The summed E-state index contributed by atoms with van der Waals surface area (Å²) in [6, 6.07) is 4.43. The summed E-state index contributed by atoms with van der Waals surface area (Å²) in [5.74, 6) is -0.653. The fraction of sp³-hybridized carbons (Fsp3) is 0.429. The maximum Gasteiger partial charge on any atom is 0.326 e.